The molecule has 2 rings (SSSR count). The largest absolute Gasteiger partial charge is 0.377 e. The molecule has 6 nitrogen and oxygen atoms in total. The summed E-state index contributed by atoms with van der Waals surface area (Å²) < 4.78 is 28.4. The van der Waals surface area contributed by atoms with E-state index in [1.807, 2.05) is 51.0 Å². The van der Waals surface area contributed by atoms with Crippen LogP contribution in [-0.4, -0.2) is 38.8 Å². The van der Waals surface area contributed by atoms with E-state index in [1.54, 1.807) is 25.1 Å². The number of carbonyl (C=O) groups excluding carboxylic acids is 1. The Kier molecular flexibility index (Phi) is 8.29. The van der Waals surface area contributed by atoms with Gasteiger partial charge in [0, 0.05) is 49.5 Å². The van der Waals surface area contributed by atoms with Crippen LogP contribution in [-0.2, 0) is 21.4 Å². The lowest BCUT2D eigenvalue weighted by atomic mass is 10.1. The summed E-state index contributed by atoms with van der Waals surface area (Å²) in [6.07, 6.45) is 1.02. The van der Waals surface area contributed by atoms with Crippen LogP contribution in [0, 0.1) is 0 Å². The minimum absolute atomic E-state index is 0.0936. The molecule has 0 aromatic heterocycles. The van der Waals surface area contributed by atoms with Crippen molar-refractivity contribution in [3.63, 3.8) is 0 Å². The van der Waals surface area contributed by atoms with Crippen molar-refractivity contribution in [2.75, 3.05) is 24.3 Å². The van der Waals surface area contributed by atoms with Crippen LogP contribution in [0.5, 0.6) is 0 Å². The zero-order valence-electron chi connectivity index (χ0n) is 18.1. The Labute approximate surface area is 184 Å². The summed E-state index contributed by atoms with van der Waals surface area (Å²) in [5.74, 6) is -0.0936. The van der Waals surface area contributed by atoms with Crippen molar-refractivity contribution < 1.29 is 13.2 Å². The van der Waals surface area contributed by atoms with E-state index in [0.29, 0.717) is 23.6 Å². The lowest BCUT2D eigenvalue weighted by molar-refractivity contribution is -0.115. The molecule has 2 aromatic rings. The van der Waals surface area contributed by atoms with Crippen molar-refractivity contribution in [3.05, 3.63) is 53.1 Å². The first-order valence-corrected chi connectivity index (χ1v) is 11.8. The predicted molar refractivity (Wildman–Crippen MR) is 124 cm³/mol. The number of anilines is 2. The number of halogens is 1. The molecule has 0 heterocycles. The second kappa shape index (κ2) is 10.3. The Morgan fingerprint density at radius 1 is 1.13 bits per heavy atom. The molecular weight excluding hydrogens is 422 g/mol. The molecule has 164 valence electrons. The molecule has 0 saturated carbocycles. The third-order valence-corrected chi connectivity index (χ3v) is 7.17. The van der Waals surface area contributed by atoms with Crippen LogP contribution in [0.1, 0.15) is 39.2 Å². The Morgan fingerprint density at radius 3 is 2.40 bits per heavy atom. The molecule has 8 heteroatoms. The Hall–Kier alpha value is -2.09. The van der Waals surface area contributed by atoms with Crippen molar-refractivity contribution in [1.82, 2.24) is 4.31 Å². The van der Waals surface area contributed by atoms with Gasteiger partial charge in [0.25, 0.3) is 0 Å². The number of carbonyl (C=O) groups is 1. The van der Waals surface area contributed by atoms with Crippen molar-refractivity contribution in [3.8, 4) is 0 Å². The number of rotatable bonds is 9. The van der Waals surface area contributed by atoms with Crippen molar-refractivity contribution in [1.29, 1.82) is 0 Å². The summed E-state index contributed by atoms with van der Waals surface area (Å²) in [5.41, 5.74) is 2.34. The Balaban J connectivity index is 2.52. The number of amides is 1. The number of hydrogen-bond acceptors (Lipinski definition) is 4. The first-order chi connectivity index (χ1) is 14.1. The second-order valence-electron chi connectivity index (χ2n) is 7.40. The van der Waals surface area contributed by atoms with Gasteiger partial charge in [-0.2, -0.15) is 4.31 Å². The Morgan fingerprint density at radius 2 is 1.83 bits per heavy atom. The molecule has 2 aromatic carbocycles. The van der Waals surface area contributed by atoms with Gasteiger partial charge >= 0.3 is 0 Å². The van der Waals surface area contributed by atoms with E-state index in [-0.39, 0.29) is 23.4 Å². The van der Waals surface area contributed by atoms with Gasteiger partial charge in [0.05, 0.1) is 4.90 Å². The number of sulfonamides is 1. The summed E-state index contributed by atoms with van der Waals surface area (Å²) in [6, 6.07) is 11.6. The molecule has 0 aliphatic carbocycles. The molecule has 1 atom stereocenters. The van der Waals surface area contributed by atoms with Gasteiger partial charge in [-0.1, -0.05) is 31.5 Å². The maximum absolute atomic E-state index is 13.5. The van der Waals surface area contributed by atoms with E-state index in [1.165, 1.54) is 10.4 Å². The summed E-state index contributed by atoms with van der Waals surface area (Å²) in [5, 5.41) is 3.22. The number of nitrogens with one attached hydrogen (secondary N) is 1. The fourth-order valence-electron chi connectivity index (χ4n) is 3.09. The van der Waals surface area contributed by atoms with Gasteiger partial charge < -0.3 is 10.2 Å². The maximum atomic E-state index is 13.5. The highest BCUT2D eigenvalue weighted by molar-refractivity contribution is 7.89. The molecule has 0 aliphatic heterocycles. The highest BCUT2D eigenvalue weighted by atomic mass is 35.5. The lowest BCUT2D eigenvalue weighted by Crippen LogP contribution is -2.38. The molecule has 0 spiro atoms. The minimum Gasteiger partial charge on any atom is -0.377 e. The topological polar surface area (TPSA) is 69.7 Å². The summed E-state index contributed by atoms with van der Waals surface area (Å²) in [4.78, 5) is 13.9. The molecule has 0 bridgehead atoms. The van der Waals surface area contributed by atoms with Crippen molar-refractivity contribution >= 4 is 38.9 Å². The zero-order valence-corrected chi connectivity index (χ0v) is 19.7. The molecule has 0 saturated heterocycles. The molecule has 1 amide bonds. The van der Waals surface area contributed by atoms with Gasteiger partial charge in [0.15, 0.2) is 0 Å². The quantitative estimate of drug-likeness (QED) is 0.597. The molecular formula is C22H30ClN3O3S. The van der Waals surface area contributed by atoms with Crippen LogP contribution >= 0.6 is 11.6 Å². The predicted octanol–water partition coefficient (Wildman–Crippen LogP) is 4.74. The minimum atomic E-state index is -3.77. The van der Waals surface area contributed by atoms with Crippen LogP contribution in [0.3, 0.4) is 0 Å². The third kappa shape index (κ3) is 5.74. The SMILES string of the molecule is CCC(=O)Nc1ccc(N(C)C)c(CN([C@H](C)CC)S(=O)(=O)c2cccc(Cl)c2)c1. The average molecular weight is 452 g/mol. The normalized spacial score (nSPS) is 12.6. The lowest BCUT2D eigenvalue weighted by Gasteiger charge is -2.30. The first-order valence-electron chi connectivity index (χ1n) is 9.97. The van der Waals surface area contributed by atoms with E-state index >= 15 is 0 Å². The fraction of sp³-hybridized carbons (Fsp3) is 0.409. The number of hydrogen-bond donors (Lipinski definition) is 1. The molecule has 30 heavy (non-hydrogen) atoms. The van der Waals surface area contributed by atoms with Crippen LogP contribution in [0.15, 0.2) is 47.4 Å². The van der Waals surface area contributed by atoms with E-state index in [2.05, 4.69) is 5.32 Å². The summed E-state index contributed by atoms with van der Waals surface area (Å²) in [7, 11) is 0.0368. The van der Waals surface area contributed by atoms with Crippen LogP contribution < -0.4 is 10.2 Å². The van der Waals surface area contributed by atoms with Gasteiger partial charge in [-0.25, -0.2) is 8.42 Å². The standard InChI is InChI=1S/C22H30ClN3O3S/c1-6-16(3)26(30(28,29)20-10-8-9-18(23)14-20)15-17-13-19(24-22(27)7-2)11-12-21(17)25(4)5/h8-14,16H,6-7,15H2,1-5H3,(H,24,27)/t16-/m1/s1. The first kappa shape index (κ1) is 24.2. The third-order valence-electron chi connectivity index (χ3n) is 4.98. The molecule has 0 aliphatic rings. The molecule has 0 radical (unpaired) electrons. The molecule has 0 fully saturated rings. The highest BCUT2D eigenvalue weighted by Gasteiger charge is 2.29. The summed E-state index contributed by atoms with van der Waals surface area (Å²) in [6.45, 7) is 5.80. The molecule has 1 N–H and O–H groups in total. The van der Waals surface area contributed by atoms with Crippen molar-refractivity contribution in [2.45, 2.75) is 51.1 Å². The van der Waals surface area contributed by atoms with Gasteiger partial charge in [0.2, 0.25) is 15.9 Å². The van der Waals surface area contributed by atoms with Crippen LogP contribution in [0.25, 0.3) is 0 Å². The number of benzene rings is 2. The zero-order chi connectivity index (χ0) is 22.5. The highest BCUT2D eigenvalue weighted by Crippen LogP contribution is 2.29. The van der Waals surface area contributed by atoms with Gasteiger partial charge in [-0.15, -0.1) is 0 Å². The molecule has 0 unspecified atom stereocenters. The van der Waals surface area contributed by atoms with Gasteiger partial charge in [-0.3, -0.25) is 4.79 Å². The van der Waals surface area contributed by atoms with Crippen LogP contribution in [0.2, 0.25) is 5.02 Å². The average Bonchev–Trinajstić information content (AvgIpc) is 2.71. The fourth-order valence-corrected chi connectivity index (χ4v) is 5.07. The second-order valence-corrected chi connectivity index (χ2v) is 9.73. The van der Waals surface area contributed by atoms with E-state index in [0.717, 1.165) is 11.3 Å². The van der Waals surface area contributed by atoms with E-state index in [9.17, 15) is 13.2 Å². The maximum Gasteiger partial charge on any atom is 0.243 e. The Bertz CT molecular complexity index is 993. The van der Waals surface area contributed by atoms with E-state index < -0.39 is 10.0 Å². The number of nitrogens with zero attached hydrogens (tertiary/aromatic N) is 2. The van der Waals surface area contributed by atoms with E-state index in [4.69, 9.17) is 11.6 Å². The van der Waals surface area contributed by atoms with Crippen LogP contribution in [0.4, 0.5) is 11.4 Å². The summed E-state index contributed by atoms with van der Waals surface area (Å²) >= 11 is 6.05. The van der Waals surface area contributed by atoms with Gasteiger partial charge in [0.1, 0.15) is 0 Å². The van der Waals surface area contributed by atoms with Crippen molar-refractivity contribution in [2.24, 2.45) is 0 Å². The monoisotopic (exact) mass is 451 g/mol. The van der Waals surface area contributed by atoms with Gasteiger partial charge in [-0.05, 0) is 55.3 Å². The smallest absolute Gasteiger partial charge is 0.243 e.